The molecule has 0 aliphatic rings. The molecule has 0 saturated carbocycles. The lowest BCUT2D eigenvalue weighted by Crippen LogP contribution is -2.38. The summed E-state index contributed by atoms with van der Waals surface area (Å²) in [5, 5.41) is 2.68. The SMILES string of the molecule is C=CCN(CC=C)C(=O)COC(=O)C(NC(=O)c1ccccc1)c1ccccc1. The Morgan fingerprint density at radius 2 is 1.48 bits per heavy atom. The maximum atomic E-state index is 12.7. The second-order valence-electron chi connectivity index (χ2n) is 6.17. The lowest BCUT2D eigenvalue weighted by molar-refractivity contribution is -0.153. The molecule has 2 aromatic carbocycles. The number of hydrogen-bond acceptors (Lipinski definition) is 4. The predicted molar refractivity (Wildman–Crippen MR) is 111 cm³/mol. The number of nitrogens with zero attached hydrogens (tertiary/aromatic N) is 1. The Balaban J connectivity index is 2.11. The molecule has 1 unspecified atom stereocenters. The van der Waals surface area contributed by atoms with Crippen molar-refractivity contribution < 1.29 is 19.1 Å². The van der Waals surface area contributed by atoms with Gasteiger partial charge in [0.05, 0.1) is 0 Å². The van der Waals surface area contributed by atoms with Gasteiger partial charge in [-0.05, 0) is 17.7 Å². The van der Waals surface area contributed by atoms with E-state index in [-0.39, 0.29) is 5.91 Å². The highest BCUT2D eigenvalue weighted by molar-refractivity contribution is 5.97. The minimum Gasteiger partial charge on any atom is -0.454 e. The number of rotatable bonds is 10. The van der Waals surface area contributed by atoms with Gasteiger partial charge in [-0.1, -0.05) is 60.7 Å². The van der Waals surface area contributed by atoms with Crippen LogP contribution >= 0.6 is 0 Å². The number of carbonyl (C=O) groups excluding carboxylic acids is 3. The summed E-state index contributed by atoms with van der Waals surface area (Å²) >= 11 is 0. The number of nitrogens with one attached hydrogen (secondary N) is 1. The first-order chi connectivity index (χ1) is 14.1. The van der Waals surface area contributed by atoms with E-state index in [4.69, 9.17) is 4.74 Å². The number of ether oxygens (including phenoxy) is 1. The van der Waals surface area contributed by atoms with Crippen LogP contribution in [0.4, 0.5) is 0 Å². The van der Waals surface area contributed by atoms with Crippen molar-refractivity contribution in [2.24, 2.45) is 0 Å². The fraction of sp³-hybridized carbons (Fsp3) is 0.174. The summed E-state index contributed by atoms with van der Waals surface area (Å²) in [5.41, 5.74) is 0.976. The van der Waals surface area contributed by atoms with Gasteiger partial charge in [0.2, 0.25) is 0 Å². The molecule has 0 aliphatic carbocycles. The summed E-state index contributed by atoms with van der Waals surface area (Å²) in [6, 6.07) is 16.3. The van der Waals surface area contributed by atoms with Crippen molar-refractivity contribution >= 4 is 17.8 Å². The normalized spacial score (nSPS) is 11.0. The standard InChI is InChI=1S/C23H24N2O4/c1-3-15-25(16-4-2)20(26)17-29-23(28)21(18-11-7-5-8-12-18)24-22(27)19-13-9-6-10-14-19/h3-14,21H,1-2,15-17H2,(H,24,27). The Kier molecular flexibility index (Phi) is 8.38. The van der Waals surface area contributed by atoms with Crippen molar-refractivity contribution in [1.29, 1.82) is 0 Å². The van der Waals surface area contributed by atoms with Gasteiger partial charge in [0, 0.05) is 18.7 Å². The molecule has 0 bridgehead atoms. The lowest BCUT2D eigenvalue weighted by Gasteiger charge is -2.21. The van der Waals surface area contributed by atoms with E-state index in [9.17, 15) is 14.4 Å². The lowest BCUT2D eigenvalue weighted by atomic mass is 10.1. The number of hydrogen-bond donors (Lipinski definition) is 1. The average Bonchev–Trinajstić information content (AvgIpc) is 2.76. The Labute approximate surface area is 170 Å². The van der Waals surface area contributed by atoms with Crippen LogP contribution in [-0.2, 0) is 14.3 Å². The molecule has 0 aromatic heterocycles. The van der Waals surface area contributed by atoms with E-state index in [1.807, 2.05) is 0 Å². The van der Waals surface area contributed by atoms with Crippen molar-refractivity contribution in [1.82, 2.24) is 10.2 Å². The second kappa shape index (κ2) is 11.2. The van der Waals surface area contributed by atoms with Crippen molar-refractivity contribution in [3.8, 4) is 0 Å². The Bertz CT molecular complexity index is 840. The molecule has 0 spiro atoms. The quantitative estimate of drug-likeness (QED) is 0.498. The highest BCUT2D eigenvalue weighted by Crippen LogP contribution is 2.16. The molecule has 1 atom stereocenters. The summed E-state index contributed by atoms with van der Waals surface area (Å²) in [6.07, 6.45) is 3.16. The van der Waals surface area contributed by atoms with Crippen LogP contribution in [0.25, 0.3) is 0 Å². The van der Waals surface area contributed by atoms with Crippen LogP contribution < -0.4 is 5.32 Å². The van der Waals surface area contributed by atoms with E-state index < -0.39 is 24.5 Å². The van der Waals surface area contributed by atoms with Crippen LogP contribution in [0, 0.1) is 0 Å². The monoisotopic (exact) mass is 392 g/mol. The van der Waals surface area contributed by atoms with Gasteiger partial charge in [-0.15, -0.1) is 13.2 Å². The maximum Gasteiger partial charge on any atom is 0.333 e. The Morgan fingerprint density at radius 1 is 0.931 bits per heavy atom. The summed E-state index contributed by atoms with van der Waals surface area (Å²) in [4.78, 5) is 39.0. The van der Waals surface area contributed by atoms with Crippen LogP contribution in [0.5, 0.6) is 0 Å². The molecule has 0 saturated heterocycles. The number of esters is 1. The van der Waals surface area contributed by atoms with Crippen molar-refractivity contribution in [3.05, 3.63) is 97.1 Å². The number of carbonyl (C=O) groups is 3. The summed E-state index contributed by atoms with van der Waals surface area (Å²) < 4.78 is 5.22. The highest BCUT2D eigenvalue weighted by Gasteiger charge is 2.26. The molecule has 1 N–H and O–H groups in total. The van der Waals surface area contributed by atoms with Crippen LogP contribution in [0.2, 0.25) is 0 Å². The molecule has 6 heteroatoms. The third kappa shape index (κ3) is 6.46. The first kappa shape index (κ1) is 21.6. The summed E-state index contributed by atoms with van der Waals surface area (Å²) in [5.74, 6) is -1.51. The molecular formula is C23H24N2O4. The van der Waals surface area contributed by atoms with Gasteiger partial charge in [-0.3, -0.25) is 9.59 Å². The van der Waals surface area contributed by atoms with E-state index >= 15 is 0 Å². The Hall–Kier alpha value is -3.67. The first-order valence-electron chi connectivity index (χ1n) is 9.14. The number of amides is 2. The third-order valence-corrected chi connectivity index (χ3v) is 4.07. The van der Waals surface area contributed by atoms with Gasteiger partial charge >= 0.3 is 5.97 Å². The van der Waals surface area contributed by atoms with E-state index in [1.54, 1.807) is 72.8 Å². The van der Waals surface area contributed by atoms with Gasteiger partial charge in [-0.25, -0.2) is 4.79 Å². The molecule has 6 nitrogen and oxygen atoms in total. The fourth-order valence-corrected chi connectivity index (χ4v) is 2.63. The van der Waals surface area contributed by atoms with E-state index in [2.05, 4.69) is 18.5 Å². The van der Waals surface area contributed by atoms with Crippen molar-refractivity contribution in [2.75, 3.05) is 19.7 Å². The molecule has 0 fully saturated rings. The van der Waals surface area contributed by atoms with Gasteiger partial charge < -0.3 is 15.0 Å². The molecule has 29 heavy (non-hydrogen) atoms. The predicted octanol–water partition coefficient (Wildman–Crippen LogP) is 2.90. The minimum absolute atomic E-state index is 0.315. The molecular weight excluding hydrogens is 368 g/mol. The summed E-state index contributed by atoms with van der Waals surface area (Å²) in [6.45, 7) is 7.40. The van der Waals surface area contributed by atoms with Gasteiger partial charge in [0.1, 0.15) is 0 Å². The van der Waals surface area contributed by atoms with Crippen LogP contribution in [0.3, 0.4) is 0 Å². The zero-order valence-corrected chi connectivity index (χ0v) is 16.1. The van der Waals surface area contributed by atoms with Gasteiger partial charge in [0.25, 0.3) is 11.8 Å². The minimum atomic E-state index is -1.04. The molecule has 0 radical (unpaired) electrons. The first-order valence-corrected chi connectivity index (χ1v) is 9.14. The smallest absolute Gasteiger partial charge is 0.333 e. The maximum absolute atomic E-state index is 12.7. The molecule has 150 valence electrons. The molecule has 2 amide bonds. The van der Waals surface area contributed by atoms with Gasteiger partial charge in [0.15, 0.2) is 12.6 Å². The van der Waals surface area contributed by atoms with Crippen LogP contribution in [-0.4, -0.2) is 42.4 Å². The topological polar surface area (TPSA) is 75.7 Å². The van der Waals surface area contributed by atoms with E-state index in [0.29, 0.717) is 24.2 Å². The molecule has 0 aliphatic heterocycles. The zero-order valence-electron chi connectivity index (χ0n) is 16.1. The van der Waals surface area contributed by atoms with Crippen molar-refractivity contribution in [2.45, 2.75) is 6.04 Å². The van der Waals surface area contributed by atoms with E-state index in [1.165, 1.54) is 4.90 Å². The summed E-state index contributed by atoms with van der Waals surface area (Å²) in [7, 11) is 0. The average molecular weight is 392 g/mol. The largest absolute Gasteiger partial charge is 0.454 e. The third-order valence-electron chi connectivity index (χ3n) is 4.07. The highest BCUT2D eigenvalue weighted by atomic mass is 16.5. The second-order valence-corrected chi connectivity index (χ2v) is 6.17. The fourth-order valence-electron chi connectivity index (χ4n) is 2.63. The zero-order chi connectivity index (χ0) is 21.1. The Morgan fingerprint density at radius 3 is 2.03 bits per heavy atom. The van der Waals surface area contributed by atoms with E-state index in [0.717, 1.165) is 0 Å². The van der Waals surface area contributed by atoms with Crippen LogP contribution in [0.15, 0.2) is 86.0 Å². The molecule has 2 rings (SSSR count). The molecule has 0 heterocycles. The van der Waals surface area contributed by atoms with Crippen molar-refractivity contribution in [3.63, 3.8) is 0 Å². The van der Waals surface area contributed by atoms with Crippen LogP contribution in [0.1, 0.15) is 22.0 Å². The number of benzene rings is 2. The molecule has 2 aromatic rings. The van der Waals surface area contributed by atoms with Gasteiger partial charge in [-0.2, -0.15) is 0 Å².